The molecule has 2 fully saturated rings. The number of carbonyl (C=O) groups excluding carboxylic acids is 2. The molecule has 5 nitrogen and oxygen atoms in total. The van der Waals surface area contributed by atoms with Crippen molar-refractivity contribution in [2.45, 2.75) is 12.1 Å². The van der Waals surface area contributed by atoms with Gasteiger partial charge in [-0.2, -0.15) is 0 Å². The van der Waals surface area contributed by atoms with Crippen LogP contribution < -0.4 is 9.96 Å². The van der Waals surface area contributed by atoms with Gasteiger partial charge in [0.2, 0.25) is 5.91 Å². The Morgan fingerprint density at radius 1 is 0.625 bits per heavy atom. The summed E-state index contributed by atoms with van der Waals surface area (Å²) in [5.74, 6) is -1.20. The van der Waals surface area contributed by atoms with Crippen LogP contribution in [0, 0.1) is 5.92 Å². The Balaban J connectivity index is 1.52. The van der Waals surface area contributed by atoms with E-state index >= 15 is 0 Å². The van der Waals surface area contributed by atoms with E-state index in [4.69, 9.17) is 4.84 Å². The molecule has 4 aromatic carbocycles. The average Bonchev–Trinajstić information content (AvgIpc) is 3.35. The van der Waals surface area contributed by atoms with Crippen molar-refractivity contribution in [3.63, 3.8) is 0 Å². The van der Waals surface area contributed by atoms with Crippen LogP contribution in [0.5, 0.6) is 0 Å². The first kappa shape index (κ1) is 18.8. The summed E-state index contributed by atoms with van der Waals surface area (Å²) < 4.78 is 0. The normalized spacial score (nSPS) is 22.6. The number of hydrogen-bond donors (Lipinski definition) is 0. The highest BCUT2D eigenvalue weighted by atomic mass is 16.7. The number of hydroxylamine groups is 1. The second-order valence-corrected chi connectivity index (χ2v) is 8.07. The maximum atomic E-state index is 13.7. The first-order valence-corrected chi connectivity index (χ1v) is 10.7. The van der Waals surface area contributed by atoms with E-state index in [-0.39, 0.29) is 11.8 Å². The Hall–Kier alpha value is -3.96. The third kappa shape index (κ3) is 2.75. The van der Waals surface area contributed by atoms with Crippen molar-refractivity contribution >= 4 is 34.0 Å². The fraction of sp³-hybridized carbons (Fsp3) is 0.111. The van der Waals surface area contributed by atoms with Crippen molar-refractivity contribution in [2.24, 2.45) is 5.92 Å². The predicted molar refractivity (Wildman–Crippen MR) is 123 cm³/mol. The topological polar surface area (TPSA) is 49.9 Å². The molecule has 2 saturated heterocycles. The monoisotopic (exact) mass is 420 g/mol. The van der Waals surface area contributed by atoms with Crippen molar-refractivity contribution in [2.75, 3.05) is 9.96 Å². The summed E-state index contributed by atoms with van der Waals surface area (Å²) in [6, 6.07) is 32.4. The lowest BCUT2D eigenvalue weighted by molar-refractivity contribution is -0.126. The summed E-state index contributed by atoms with van der Waals surface area (Å²) in [4.78, 5) is 34.6. The van der Waals surface area contributed by atoms with Gasteiger partial charge in [-0.25, -0.2) is 9.96 Å². The molecule has 2 amide bonds. The SMILES string of the molecule is O=C1[C@H]2[C@@H](c3cccc4ccccc34)N(c3ccccc3)O[C@H]2C(=O)N1c1ccccc1. The lowest BCUT2D eigenvalue weighted by Gasteiger charge is -2.29. The largest absolute Gasteiger partial charge is 0.273 e. The fourth-order valence-electron chi connectivity index (χ4n) is 4.87. The number of rotatable bonds is 3. The molecular formula is C27H20N2O3. The van der Waals surface area contributed by atoms with Gasteiger partial charge in [0.15, 0.2) is 6.10 Å². The molecule has 4 aromatic rings. The maximum Gasteiger partial charge on any atom is 0.266 e. The van der Waals surface area contributed by atoms with Crippen molar-refractivity contribution < 1.29 is 14.4 Å². The smallest absolute Gasteiger partial charge is 0.266 e. The number of anilines is 2. The van der Waals surface area contributed by atoms with Gasteiger partial charge in [0.25, 0.3) is 5.91 Å². The molecule has 0 aromatic heterocycles. The molecular weight excluding hydrogens is 400 g/mol. The highest BCUT2D eigenvalue weighted by Crippen LogP contribution is 2.48. The van der Waals surface area contributed by atoms with Crippen LogP contribution in [-0.2, 0) is 14.4 Å². The van der Waals surface area contributed by atoms with E-state index in [1.807, 2.05) is 72.8 Å². The molecule has 0 unspecified atom stereocenters. The summed E-state index contributed by atoms with van der Waals surface area (Å²) >= 11 is 0. The van der Waals surface area contributed by atoms with Gasteiger partial charge in [0.05, 0.1) is 17.4 Å². The van der Waals surface area contributed by atoms with Gasteiger partial charge in [0, 0.05) is 0 Å². The third-order valence-corrected chi connectivity index (χ3v) is 6.28. The Morgan fingerprint density at radius 3 is 2.00 bits per heavy atom. The molecule has 0 radical (unpaired) electrons. The number of carbonyl (C=O) groups is 2. The summed E-state index contributed by atoms with van der Waals surface area (Å²) in [5.41, 5.74) is 2.35. The molecule has 2 aliphatic heterocycles. The second kappa shape index (κ2) is 7.32. The molecule has 0 N–H and O–H groups in total. The number of imide groups is 1. The van der Waals surface area contributed by atoms with E-state index in [1.165, 1.54) is 4.90 Å². The summed E-state index contributed by atoms with van der Waals surface area (Å²) in [6.07, 6.45) is -0.869. The Morgan fingerprint density at radius 2 is 1.25 bits per heavy atom. The standard InChI is InChI=1S/C27H20N2O3/c30-26-23-24(22-17-9-11-18-10-7-8-16-21(18)22)29(20-14-5-2-6-15-20)32-25(23)27(31)28(26)19-12-3-1-4-13-19/h1-17,23-25H/t23-,24+,25+/m0/s1. The molecule has 0 saturated carbocycles. The Kier molecular flexibility index (Phi) is 4.30. The van der Waals surface area contributed by atoms with E-state index in [9.17, 15) is 9.59 Å². The fourth-order valence-corrected chi connectivity index (χ4v) is 4.87. The summed E-state index contributed by atoms with van der Waals surface area (Å²) in [5, 5.41) is 3.87. The van der Waals surface area contributed by atoms with Crippen LogP contribution in [0.4, 0.5) is 11.4 Å². The van der Waals surface area contributed by atoms with E-state index in [0.29, 0.717) is 5.69 Å². The van der Waals surface area contributed by atoms with Gasteiger partial charge in [-0.05, 0) is 40.6 Å². The van der Waals surface area contributed by atoms with Crippen LogP contribution in [0.3, 0.4) is 0 Å². The lowest BCUT2D eigenvalue weighted by Crippen LogP contribution is -2.37. The summed E-state index contributed by atoms with van der Waals surface area (Å²) in [7, 11) is 0. The van der Waals surface area contributed by atoms with Crippen LogP contribution in [0.2, 0.25) is 0 Å². The molecule has 0 aliphatic carbocycles. The minimum absolute atomic E-state index is 0.234. The maximum absolute atomic E-state index is 13.7. The van der Waals surface area contributed by atoms with Crippen LogP contribution in [0.25, 0.3) is 10.8 Å². The molecule has 156 valence electrons. The zero-order valence-electron chi connectivity index (χ0n) is 17.2. The molecule has 32 heavy (non-hydrogen) atoms. The number of fused-ring (bicyclic) bond motifs is 2. The molecule has 6 rings (SSSR count). The van der Waals surface area contributed by atoms with Gasteiger partial charge >= 0.3 is 0 Å². The minimum atomic E-state index is -0.869. The van der Waals surface area contributed by atoms with Crippen molar-refractivity contribution in [3.05, 3.63) is 109 Å². The zero-order chi connectivity index (χ0) is 21.7. The van der Waals surface area contributed by atoms with Crippen LogP contribution in [0.1, 0.15) is 11.6 Å². The molecule has 5 heteroatoms. The van der Waals surface area contributed by atoms with E-state index in [0.717, 1.165) is 22.0 Å². The van der Waals surface area contributed by atoms with Gasteiger partial charge in [-0.1, -0.05) is 78.9 Å². The van der Waals surface area contributed by atoms with Crippen molar-refractivity contribution in [3.8, 4) is 0 Å². The van der Waals surface area contributed by atoms with Crippen molar-refractivity contribution in [1.29, 1.82) is 0 Å². The quantitative estimate of drug-likeness (QED) is 0.443. The van der Waals surface area contributed by atoms with E-state index in [2.05, 4.69) is 18.2 Å². The van der Waals surface area contributed by atoms with Crippen molar-refractivity contribution in [1.82, 2.24) is 0 Å². The molecule has 3 atom stereocenters. The van der Waals surface area contributed by atoms with Crippen LogP contribution in [-0.4, -0.2) is 17.9 Å². The van der Waals surface area contributed by atoms with Gasteiger partial charge in [-0.3, -0.25) is 14.4 Å². The second-order valence-electron chi connectivity index (χ2n) is 8.07. The summed E-state index contributed by atoms with van der Waals surface area (Å²) in [6.45, 7) is 0. The minimum Gasteiger partial charge on any atom is -0.273 e. The van der Waals surface area contributed by atoms with Gasteiger partial charge in [0.1, 0.15) is 5.92 Å². The van der Waals surface area contributed by atoms with Gasteiger partial charge in [-0.15, -0.1) is 0 Å². The number of para-hydroxylation sites is 2. The van der Waals surface area contributed by atoms with Crippen LogP contribution in [0.15, 0.2) is 103 Å². The molecule has 0 spiro atoms. The number of amides is 2. The first-order valence-electron chi connectivity index (χ1n) is 10.7. The lowest BCUT2D eigenvalue weighted by atomic mass is 9.87. The zero-order valence-corrected chi connectivity index (χ0v) is 17.2. The average molecular weight is 420 g/mol. The third-order valence-electron chi connectivity index (χ3n) is 6.28. The Bertz CT molecular complexity index is 1320. The highest BCUT2D eigenvalue weighted by Gasteiger charge is 2.60. The first-order chi connectivity index (χ1) is 15.7. The van der Waals surface area contributed by atoms with E-state index in [1.54, 1.807) is 17.2 Å². The van der Waals surface area contributed by atoms with E-state index < -0.39 is 18.1 Å². The number of hydrogen-bond acceptors (Lipinski definition) is 4. The highest BCUT2D eigenvalue weighted by molar-refractivity contribution is 6.24. The van der Waals surface area contributed by atoms with Crippen LogP contribution >= 0.6 is 0 Å². The van der Waals surface area contributed by atoms with Gasteiger partial charge < -0.3 is 0 Å². The Labute approximate surface area is 185 Å². The number of benzene rings is 4. The molecule has 0 bridgehead atoms. The predicted octanol–water partition coefficient (Wildman–Crippen LogP) is 4.89. The molecule has 2 heterocycles. The number of nitrogens with zero attached hydrogens (tertiary/aromatic N) is 2. The molecule has 2 aliphatic rings.